The van der Waals surface area contributed by atoms with Crippen molar-refractivity contribution >= 4 is 5.71 Å². The molecule has 3 heterocycles. The first-order valence-electron chi connectivity index (χ1n) is 9.66. The molecule has 152 valence electrons. The van der Waals surface area contributed by atoms with Crippen LogP contribution in [0, 0.1) is 0 Å². The summed E-state index contributed by atoms with van der Waals surface area (Å²) in [6.45, 7) is 0. The molecule has 30 heavy (non-hydrogen) atoms. The molecule has 7 heteroatoms. The number of pyridine rings is 1. The smallest absolute Gasteiger partial charge is 0.214 e. The summed E-state index contributed by atoms with van der Waals surface area (Å²) in [5.74, 6) is 2.24. The van der Waals surface area contributed by atoms with Crippen molar-refractivity contribution < 1.29 is 19.3 Å². The lowest BCUT2D eigenvalue weighted by atomic mass is 9.95. The normalized spacial score (nSPS) is 19.4. The Kier molecular flexibility index (Phi) is 4.43. The van der Waals surface area contributed by atoms with E-state index in [9.17, 15) is 5.11 Å². The van der Waals surface area contributed by atoms with Crippen LogP contribution in [0.15, 0.2) is 66.0 Å². The SMILES string of the molecule is COc1ccc(O)c(C2=NN3[C@H](C2)c2cccc(OC)c2O[C@@H]3c2ccncc2)c1. The van der Waals surface area contributed by atoms with Crippen molar-refractivity contribution in [3.8, 4) is 23.0 Å². The van der Waals surface area contributed by atoms with E-state index >= 15 is 0 Å². The maximum absolute atomic E-state index is 10.5. The van der Waals surface area contributed by atoms with Crippen molar-refractivity contribution in [2.75, 3.05) is 14.2 Å². The van der Waals surface area contributed by atoms with Gasteiger partial charge < -0.3 is 19.3 Å². The van der Waals surface area contributed by atoms with Crippen LogP contribution in [0.3, 0.4) is 0 Å². The molecular weight excluding hydrogens is 382 g/mol. The molecule has 2 aliphatic rings. The number of hydrazone groups is 1. The van der Waals surface area contributed by atoms with E-state index in [0.29, 0.717) is 23.5 Å². The van der Waals surface area contributed by atoms with Crippen LogP contribution >= 0.6 is 0 Å². The van der Waals surface area contributed by atoms with Crippen molar-refractivity contribution in [1.82, 2.24) is 9.99 Å². The minimum Gasteiger partial charge on any atom is -0.507 e. The quantitative estimate of drug-likeness (QED) is 0.708. The summed E-state index contributed by atoms with van der Waals surface area (Å²) in [4.78, 5) is 4.12. The highest BCUT2D eigenvalue weighted by Gasteiger charge is 2.42. The largest absolute Gasteiger partial charge is 0.507 e. The zero-order valence-corrected chi connectivity index (χ0v) is 16.6. The second-order valence-corrected chi connectivity index (χ2v) is 7.16. The predicted molar refractivity (Wildman–Crippen MR) is 111 cm³/mol. The van der Waals surface area contributed by atoms with Gasteiger partial charge in [-0.1, -0.05) is 12.1 Å². The fourth-order valence-electron chi connectivity index (χ4n) is 4.03. The van der Waals surface area contributed by atoms with Crippen molar-refractivity contribution in [2.24, 2.45) is 5.10 Å². The van der Waals surface area contributed by atoms with Crippen LogP contribution in [0.1, 0.15) is 35.4 Å². The first kappa shape index (κ1) is 18.3. The maximum atomic E-state index is 10.5. The lowest BCUT2D eigenvalue weighted by Crippen LogP contribution is -2.33. The minimum absolute atomic E-state index is 0.0531. The topological polar surface area (TPSA) is 76.4 Å². The zero-order valence-electron chi connectivity index (χ0n) is 16.6. The van der Waals surface area contributed by atoms with Gasteiger partial charge in [-0.3, -0.25) is 4.98 Å². The molecule has 2 atom stereocenters. The molecule has 2 aliphatic heterocycles. The summed E-state index contributed by atoms with van der Waals surface area (Å²) in [5.41, 5.74) is 3.36. The number of rotatable bonds is 4. The highest BCUT2D eigenvalue weighted by molar-refractivity contribution is 6.04. The molecule has 0 spiro atoms. The molecule has 5 rings (SSSR count). The molecule has 0 radical (unpaired) electrons. The summed E-state index contributed by atoms with van der Waals surface area (Å²) in [7, 11) is 3.24. The zero-order chi connectivity index (χ0) is 20.7. The number of phenolic OH excluding ortho intramolecular Hbond substituents is 1. The van der Waals surface area contributed by atoms with Gasteiger partial charge in [-0.2, -0.15) is 5.10 Å². The van der Waals surface area contributed by atoms with Gasteiger partial charge >= 0.3 is 0 Å². The summed E-state index contributed by atoms with van der Waals surface area (Å²) >= 11 is 0. The number of hydrogen-bond donors (Lipinski definition) is 1. The Morgan fingerprint density at radius 2 is 1.90 bits per heavy atom. The van der Waals surface area contributed by atoms with Crippen molar-refractivity contribution in [3.63, 3.8) is 0 Å². The standard InChI is InChI=1S/C23H21N3O4/c1-28-15-6-7-20(27)17(12-15)18-13-19-16-4-3-5-21(29-2)22(16)30-23(26(19)25-18)14-8-10-24-11-9-14/h3-12,19,23,27H,13H2,1-2H3/t19-,23-/m1/s1. The summed E-state index contributed by atoms with van der Waals surface area (Å²) in [6.07, 6.45) is 3.65. The van der Waals surface area contributed by atoms with Gasteiger partial charge in [0.25, 0.3) is 0 Å². The molecular formula is C23H21N3O4. The molecule has 0 saturated carbocycles. The molecule has 2 aromatic carbocycles. The molecule has 1 aromatic heterocycles. The highest BCUT2D eigenvalue weighted by Crippen LogP contribution is 2.51. The summed E-state index contributed by atoms with van der Waals surface area (Å²) in [5, 5.41) is 17.3. The Balaban J connectivity index is 1.63. The lowest BCUT2D eigenvalue weighted by molar-refractivity contribution is -0.0209. The van der Waals surface area contributed by atoms with E-state index in [1.807, 2.05) is 35.3 Å². The number of methoxy groups -OCH3 is 2. The lowest BCUT2D eigenvalue weighted by Gasteiger charge is -2.38. The third-order valence-electron chi connectivity index (χ3n) is 5.51. The highest BCUT2D eigenvalue weighted by atomic mass is 16.5. The van der Waals surface area contributed by atoms with Gasteiger partial charge in [0.05, 0.1) is 26.0 Å². The fourth-order valence-corrected chi connectivity index (χ4v) is 4.03. The number of aromatic nitrogens is 1. The van der Waals surface area contributed by atoms with Crippen molar-refractivity contribution in [3.05, 3.63) is 77.6 Å². The van der Waals surface area contributed by atoms with Crippen molar-refractivity contribution in [1.29, 1.82) is 0 Å². The first-order valence-corrected chi connectivity index (χ1v) is 9.66. The molecule has 0 amide bonds. The van der Waals surface area contributed by atoms with Crippen LogP contribution in [0.5, 0.6) is 23.0 Å². The average molecular weight is 403 g/mol. The Labute approximate surface area is 174 Å². The first-order chi connectivity index (χ1) is 14.7. The fraction of sp³-hybridized carbons (Fsp3) is 0.217. The van der Waals surface area contributed by atoms with Gasteiger partial charge in [0.2, 0.25) is 6.23 Å². The summed E-state index contributed by atoms with van der Waals surface area (Å²) in [6, 6.07) is 14.8. The number of fused-ring (bicyclic) bond motifs is 3. The number of hydrogen-bond acceptors (Lipinski definition) is 7. The van der Waals surface area contributed by atoms with E-state index < -0.39 is 6.23 Å². The molecule has 7 nitrogen and oxygen atoms in total. The van der Waals surface area contributed by atoms with E-state index in [2.05, 4.69) is 4.98 Å². The predicted octanol–water partition coefficient (Wildman–Crippen LogP) is 4.05. The molecule has 0 aliphatic carbocycles. The van der Waals surface area contributed by atoms with Gasteiger partial charge in [-0.15, -0.1) is 0 Å². The number of nitrogens with zero attached hydrogens (tertiary/aromatic N) is 3. The minimum atomic E-state index is -0.438. The molecule has 3 aromatic rings. The van der Waals surface area contributed by atoms with Crippen LogP contribution in [-0.4, -0.2) is 35.0 Å². The monoisotopic (exact) mass is 403 g/mol. The van der Waals surface area contributed by atoms with Crippen molar-refractivity contribution in [2.45, 2.75) is 18.7 Å². The Morgan fingerprint density at radius 1 is 1.07 bits per heavy atom. The second-order valence-electron chi connectivity index (χ2n) is 7.16. The van der Waals surface area contributed by atoms with Crippen LogP contribution in [0.4, 0.5) is 0 Å². The van der Waals surface area contributed by atoms with Crippen LogP contribution in [0.2, 0.25) is 0 Å². The number of ether oxygens (including phenoxy) is 3. The van der Waals surface area contributed by atoms with Gasteiger partial charge in [0.1, 0.15) is 11.5 Å². The Hall–Kier alpha value is -3.74. The number of para-hydroxylation sites is 1. The van der Waals surface area contributed by atoms with Gasteiger partial charge in [0, 0.05) is 35.5 Å². The van der Waals surface area contributed by atoms with E-state index in [-0.39, 0.29) is 11.8 Å². The Morgan fingerprint density at radius 3 is 2.67 bits per heavy atom. The van der Waals surface area contributed by atoms with E-state index in [1.165, 1.54) is 0 Å². The Bertz CT molecular complexity index is 1120. The number of aromatic hydroxyl groups is 1. The van der Waals surface area contributed by atoms with E-state index in [0.717, 1.165) is 22.6 Å². The molecule has 0 unspecified atom stereocenters. The molecule has 0 fully saturated rings. The van der Waals surface area contributed by atoms with Gasteiger partial charge in [0.15, 0.2) is 11.5 Å². The van der Waals surface area contributed by atoms with Crippen LogP contribution in [-0.2, 0) is 0 Å². The molecule has 1 N–H and O–H groups in total. The number of phenols is 1. The van der Waals surface area contributed by atoms with Crippen LogP contribution < -0.4 is 14.2 Å². The van der Waals surface area contributed by atoms with E-state index in [4.69, 9.17) is 19.3 Å². The molecule has 0 bridgehead atoms. The van der Waals surface area contributed by atoms with Gasteiger partial charge in [-0.05, 0) is 36.4 Å². The van der Waals surface area contributed by atoms with Gasteiger partial charge in [-0.25, -0.2) is 5.01 Å². The second kappa shape index (κ2) is 7.26. The molecule has 0 saturated heterocycles. The van der Waals surface area contributed by atoms with E-state index in [1.54, 1.807) is 44.8 Å². The average Bonchev–Trinajstić information content (AvgIpc) is 3.24. The third-order valence-corrected chi connectivity index (χ3v) is 5.51. The number of benzene rings is 2. The third kappa shape index (κ3) is 2.90. The summed E-state index contributed by atoms with van der Waals surface area (Å²) < 4.78 is 17.3. The van der Waals surface area contributed by atoms with Crippen LogP contribution in [0.25, 0.3) is 0 Å². The maximum Gasteiger partial charge on any atom is 0.214 e.